The van der Waals surface area contributed by atoms with E-state index in [1.54, 1.807) is 6.21 Å². The van der Waals surface area contributed by atoms with E-state index in [0.29, 0.717) is 0 Å². The van der Waals surface area contributed by atoms with Crippen LogP contribution in [-0.4, -0.2) is 18.5 Å². The van der Waals surface area contributed by atoms with Gasteiger partial charge in [0.1, 0.15) is 0 Å². The highest BCUT2D eigenvalue weighted by atomic mass is 14.8. The molecule has 1 atom stereocenters. The van der Waals surface area contributed by atoms with Gasteiger partial charge in [-0.15, -0.1) is 0 Å². The molecule has 0 rings (SSSR count). The molecule has 0 N–H and O–H groups in total. The molecular weight excluding hydrogens is 220 g/mol. The largest absolute Gasteiger partial charge is 0.284 e. The van der Waals surface area contributed by atoms with Crippen LogP contribution in [0.15, 0.2) is 58.7 Å². The molecule has 2 heteroatoms. The number of nitrogens with zero attached hydrogens (tertiary/aromatic N) is 2. The monoisotopic (exact) mass is 244 g/mol. The third kappa shape index (κ3) is 10.8. The van der Waals surface area contributed by atoms with Gasteiger partial charge in [-0.2, -0.15) is 0 Å². The minimum atomic E-state index is 0.0721. The summed E-state index contributed by atoms with van der Waals surface area (Å²) < 4.78 is 0. The van der Waals surface area contributed by atoms with E-state index in [0.717, 1.165) is 18.5 Å². The molecule has 0 amide bonds. The molecule has 0 fully saturated rings. The van der Waals surface area contributed by atoms with Gasteiger partial charge in [-0.05, 0) is 31.9 Å². The van der Waals surface area contributed by atoms with E-state index in [1.807, 2.05) is 37.4 Å². The van der Waals surface area contributed by atoms with Gasteiger partial charge in [-0.3, -0.25) is 9.98 Å². The lowest BCUT2D eigenvalue weighted by atomic mass is 10.3. The van der Waals surface area contributed by atoms with Crippen LogP contribution in [-0.2, 0) is 0 Å². The molecule has 0 heterocycles. The van der Waals surface area contributed by atoms with Crippen molar-refractivity contribution in [2.75, 3.05) is 0 Å². The summed E-state index contributed by atoms with van der Waals surface area (Å²) in [5.74, 6) is 0. The van der Waals surface area contributed by atoms with Gasteiger partial charge in [0.25, 0.3) is 0 Å². The second-order valence-electron chi connectivity index (χ2n) is 3.84. The number of allylic oxidation sites excluding steroid dienone is 6. The molecule has 1 unspecified atom stereocenters. The van der Waals surface area contributed by atoms with Gasteiger partial charge in [-0.1, -0.05) is 44.7 Å². The van der Waals surface area contributed by atoms with Gasteiger partial charge in [0.15, 0.2) is 0 Å². The van der Waals surface area contributed by atoms with Crippen molar-refractivity contribution in [1.82, 2.24) is 0 Å². The first kappa shape index (κ1) is 16.3. The van der Waals surface area contributed by atoms with Crippen molar-refractivity contribution in [3.63, 3.8) is 0 Å². The van der Waals surface area contributed by atoms with Crippen molar-refractivity contribution in [1.29, 1.82) is 0 Å². The summed E-state index contributed by atoms with van der Waals surface area (Å²) in [5.41, 5.74) is 0.738. The first-order valence-electron chi connectivity index (χ1n) is 6.45. The van der Waals surface area contributed by atoms with Gasteiger partial charge in [0, 0.05) is 12.4 Å². The van der Waals surface area contributed by atoms with Crippen molar-refractivity contribution in [2.24, 2.45) is 9.98 Å². The topological polar surface area (TPSA) is 24.7 Å². The molecule has 0 saturated heterocycles. The first-order valence-corrected chi connectivity index (χ1v) is 6.45. The molecule has 0 saturated carbocycles. The maximum absolute atomic E-state index is 4.30. The molecular formula is C16H24N2. The Kier molecular flexibility index (Phi) is 10.7. The minimum absolute atomic E-state index is 0.0721. The van der Waals surface area contributed by atoms with E-state index in [2.05, 4.69) is 42.6 Å². The zero-order chi connectivity index (χ0) is 13.6. The van der Waals surface area contributed by atoms with Crippen LogP contribution >= 0.6 is 0 Å². The molecule has 0 bridgehead atoms. The Labute approximate surface area is 111 Å². The van der Waals surface area contributed by atoms with Gasteiger partial charge in [-0.25, -0.2) is 0 Å². The molecule has 18 heavy (non-hydrogen) atoms. The smallest absolute Gasteiger partial charge is 0.0822 e. The van der Waals surface area contributed by atoms with E-state index in [4.69, 9.17) is 0 Å². The van der Waals surface area contributed by atoms with E-state index < -0.39 is 0 Å². The van der Waals surface area contributed by atoms with Crippen molar-refractivity contribution in [3.05, 3.63) is 48.7 Å². The van der Waals surface area contributed by atoms with Crippen molar-refractivity contribution >= 4 is 12.4 Å². The second kappa shape index (κ2) is 11.8. The average Bonchev–Trinajstić information content (AvgIpc) is 2.37. The highest BCUT2D eigenvalue weighted by molar-refractivity contribution is 5.75. The molecule has 0 aliphatic heterocycles. The van der Waals surface area contributed by atoms with Gasteiger partial charge in [0.2, 0.25) is 0 Å². The van der Waals surface area contributed by atoms with E-state index in [9.17, 15) is 0 Å². The van der Waals surface area contributed by atoms with E-state index >= 15 is 0 Å². The fourth-order valence-electron chi connectivity index (χ4n) is 1.05. The molecule has 0 radical (unpaired) electrons. The van der Waals surface area contributed by atoms with Crippen LogP contribution in [0.3, 0.4) is 0 Å². The molecule has 0 aromatic rings. The SMILES string of the molecule is C=C(/C=C\C=C/CC)/N=C/C(C)/N=C\C=C/CC. The Morgan fingerprint density at radius 2 is 1.78 bits per heavy atom. The lowest BCUT2D eigenvalue weighted by Crippen LogP contribution is -1.98. The zero-order valence-corrected chi connectivity index (χ0v) is 11.7. The quantitative estimate of drug-likeness (QED) is 0.443. The number of hydrogen-bond donors (Lipinski definition) is 0. The maximum atomic E-state index is 4.30. The van der Waals surface area contributed by atoms with E-state index in [-0.39, 0.29) is 6.04 Å². The molecule has 0 aliphatic carbocycles. The highest BCUT2D eigenvalue weighted by Crippen LogP contribution is 1.96. The lowest BCUT2D eigenvalue weighted by molar-refractivity contribution is 1.00. The molecule has 0 spiro atoms. The van der Waals surface area contributed by atoms with Crippen LogP contribution in [0.4, 0.5) is 0 Å². The third-order valence-electron chi connectivity index (χ3n) is 2.01. The highest BCUT2D eigenvalue weighted by Gasteiger charge is 1.90. The van der Waals surface area contributed by atoms with Crippen LogP contribution < -0.4 is 0 Å². The van der Waals surface area contributed by atoms with Gasteiger partial charge >= 0.3 is 0 Å². The predicted molar refractivity (Wildman–Crippen MR) is 83.6 cm³/mol. The average molecular weight is 244 g/mol. The minimum Gasteiger partial charge on any atom is -0.284 e. The predicted octanol–water partition coefficient (Wildman–Crippen LogP) is 4.52. The summed E-state index contributed by atoms with van der Waals surface area (Å²) >= 11 is 0. The summed E-state index contributed by atoms with van der Waals surface area (Å²) in [6.07, 6.45) is 17.6. The Morgan fingerprint density at radius 3 is 2.44 bits per heavy atom. The van der Waals surface area contributed by atoms with Crippen LogP contribution in [0.5, 0.6) is 0 Å². The Bertz CT molecular complexity index is 357. The summed E-state index contributed by atoms with van der Waals surface area (Å²) in [6.45, 7) is 10.0. The van der Waals surface area contributed by atoms with Crippen LogP contribution in [0.1, 0.15) is 33.6 Å². The Morgan fingerprint density at radius 1 is 1.11 bits per heavy atom. The molecule has 0 aromatic carbocycles. The standard InChI is InChI=1S/C16H24N2/c1-5-7-9-10-12-15(3)18-14-16(4)17-13-11-8-6-2/h7-14,16H,3,5-6H2,1-2,4H3/b9-7-,11-8-,12-10-,17-13-,18-14+. The van der Waals surface area contributed by atoms with Crippen LogP contribution in [0, 0.1) is 0 Å². The van der Waals surface area contributed by atoms with Crippen molar-refractivity contribution in [3.8, 4) is 0 Å². The van der Waals surface area contributed by atoms with Crippen molar-refractivity contribution < 1.29 is 0 Å². The molecule has 0 aliphatic rings. The first-order chi connectivity index (χ1) is 8.70. The van der Waals surface area contributed by atoms with Crippen LogP contribution in [0.25, 0.3) is 0 Å². The summed E-state index contributed by atoms with van der Waals surface area (Å²) in [7, 11) is 0. The molecule has 0 aromatic heterocycles. The van der Waals surface area contributed by atoms with Gasteiger partial charge < -0.3 is 0 Å². The second-order valence-corrected chi connectivity index (χ2v) is 3.84. The van der Waals surface area contributed by atoms with Crippen molar-refractivity contribution in [2.45, 2.75) is 39.7 Å². The summed E-state index contributed by atoms with van der Waals surface area (Å²) in [5, 5.41) is 0. The van der Waals surface area contributed by atoms with E-state index in [1.165, 1.54) is 0 Å². The summed E-state index contributed by atoms with van der Waals surface area (Å²) in [6, 6.07) is 0.0721. The summed E-state index contributed by atoms with van der Waals surface area (Å²) in [4.78, 5) is 8.55. The third-order valence-corrected chi connectivity index (χ3v) is 2.01. The fraction of sp³-hybridized carbons (Fsp3) is 0.375. The number of aliphatic imine (C=N–C) groups is 2. The van der Waals surface area contributed by atoms with Crippen LogP contribution in [0.2, 0.25) is 0 Å². The fourth-order valence-corrected chi connectivity index (χ4v) is 1.05. The Hall–Kier alpha value is -1.70. The number of rotatable bonds is 8. The maximum Gasteiger partial charge on any atom is 0.0822 e. The zero-order valence-electron chi connectivity index (χ0n) is 11.7. The number of hydrogen-bond acceptors (Lipinski definition) is 2. The Balaban J connectivity index is 4.09. The normalized spacial score (nSPS) is 14.8. The molecule has 2 nitrogen and oxygen atoms in total. The molecule has 98 valence electrons. The lowest BCUT2D eigenvalue weighted by Gasteiger charge is -1.96. The van der Waals surface area contributed by atoms with Gasteiger partial charge in [0.05, 0.1) is 11.7 Å².